The lowest BCUT2D eigenvalue weighted by molar-refractivity contribution is -0.154. The van der Waals surface area contributed by atoms with E-state index in [9.17, 15) is 4.79 Å². The number of esters is 1. The number of ether oxygens (including phenoxy) is 1. The van der Waals surface area contributed by atoms with Gasteiger partial charge in [0.05, 0.1) is 12.0 Å². The number of unbranched alkanes of at least 4 members (excludes halogenated alkanes) is 5. The monoisotopic (exact) mass is 418 g/mol. The van der Waals surface area contributed by atoms with Crippen LogP contribution in [0, 0.1) is 11.3 Å². The first-order valence-corrected chi connectivity index (χ1v) is 11.8. The summed E-state index contributed by atoms with van der Waals surface area (Å²) >= 11 is 3.45. The molecule has 25 heavy (non-hydrogen) atoms. The van der Waals surface area contributed by atoms with Gasteiger partial charge in [-0.1, -0.05) is 87.6 Å². The van der Waals surface area contributed by atoms with Crippen molar-refractivity contribution in [1.82, 2.24) is 0 Å². The molecule has 0 aromatic rings. The van der Waals surface area contributed by atoms with Crippen LogP contribution in [0.2, 0.25) is 0 Å². The molecule has 0 aliphatic heterocycles. The summed E-state index contributed by atoms with van der Waals surface area (Å²) in [5.41, 5.74) is -0.343. The van der Waals surface area contributed by atoms with Gasteiger partial charge in [0.25, 0.3) is 0 Å². The Morgan fingerprint density at radius 3 is 1.96 bits per heavy atom. The van der Waals surface area contributed by atoms with Crippen LogP contribution >= 0.6 is 15.9 Å². The fourth-order valence-corrected chi connectivity index (χ4v) is 3.69. The van der Waals surface area contributed by atoms with Gasteiger partial charge < -0.3 is 4.74 Å². The lowest BCUT2D eigenvalue weighted by atomic mass is 9.87. The maximum absolute atomic E-state index is 12.3. The molecule has 0 amide bonds. The molecule has 0 aliphatic rings. The van der Waals surface area contributed by atoms with Crippen molar-refractivity contribution in [3.05, 3.63) is 0 Å². The number of alkyl halides is 1. The second-order valence-corrected chi connectivity index (χ2v) is 8.96. The molecule has 0 saturated heterocycles. The van der Waals surface area contributed by atoms with Crippen molar-refractivity contribution in [3.8, 4) is 0 Å². The van der Waals surface area contributed by atoms with E-state index in [1.165, 1.54) is 57.8 Å². The third-order valence-corrected chi connectivity index (χ3v) is 5.72. The van der Waals surface area contributed by atoms with Crippen molar-refractivity contribution in [2.24, 2.45) is 11.3 Å². The van der Waals surface area contributed by atoms with Crippen molar-refractivity contribution in [1.29, 1.82) is 0 Å². The van der Waals surface area contributed by atoms with E-state index in [0.29, 0.717) is 6.61 Å². The summed E-state index contributed by atoms with van der Waals surface area (Å²) in [5.74, 6) is 0.805. The Hall–Kier alpha value is -0.0500. The highest BCUT2D eigenvalue weighted by Gasteiger charge is 2.28. The molecule has 0 fully saturated rings. The molecule has 0 aliphatic carbocycles. The smallest absolute Gasteiger partial charge is 0.311 e. The summed E-state index contributed by atoms with van der Waals surface area (Å²) in [6.07, 6.45) is 16.0. The second-order valence-electron chi connectivity index (χ2n) is 8.17. The molecule has 0 atom stereocenters. The average Bonchev–Trinajstić information content (AvgIpc) is 2.58. The van der Waals surface area contributed by atoms with Crippen LogP contribution in [-0.4, -0.2) is 17.9 Å². The quantitative estimate of drug-likeness (QED) is 0.137. The average molecular weight is 419 g/mol. The first-order chi connectivity index (χ1) is 12.0. The van der Waals surface area contributed by atoms with Crippen molar-refractivity contribution in [2.75, 3.05) is 11.9 Å². The summed E-state index contributed by atoms with van der Waals surface area (Å²) in [7, 11) is 0. The van der Waals surface area contributed by atoms with Crippen LogP contribution in [0.4, 0.5) is 0 Å². The minimum Gasteiger partial charge on any atom is -0.465 e. The summed E-state index contributed by atoms with van der Waals surface area (Å²) in [6.45, 7) is 9.17. The number of hydrogen-bond acceptors (Lipinski definition) is 2. The van der Waals surface area contributed by atoms with Crippen LogP contribution in [0.5, 0.6) is 0 Å². The van der Waals surface area contributed by atoms with Crippen molar-refractivity contribution < 1.29 is 9.53 Å². The zero-order valence-electron chi connectivity index (χ0n) is 17.4. The molecular formula is C22H43BrO2. The lowest BCUT2D eigenvalue weighted by Gasteiger charge is -2.23. The molecule has 0 unspecified atom stereocenters. The first-order valence-electron chi connectivity index (χ1n) is 10.7. The zero-order chi connectivity index (χ0) is 19.0. The Kier molecular flexibility index (Phi) is 16.1. The van der Waals surface area contributed by atoms with E-state index in [1.54, 1.807) is 0 Å². The molecule has 150 valence electrons. The molecule has 0 N–H and O–H groups in total. The maximum Gasteiger partial charge on any atom is 0.311 e. The second kappa shape index (κ2) is 16.1. The van der Waals surface area contributed by atoms with Crippen molar-refractivity contribution >= 4 is 21.9 Å². The predicted molar refractivity (Wildman–Crippen MR) is 113 cm³/mol. The van der Waals surface area contributed by atoms with Gasteiger partial charge in [-0.15, -0.1) is 0 Å². The van der Waals surface area contributed by atoms with Crippen LogP contribution in [0.15, 0.2) is 0 Å². The third-order valence-electron chi connectivity index (χ3n) is 5.16. The summed E-state index contributed by atoms with van der Waals surface area (Å²) in [4.78, 5) is 12.3. The van der Waals surface area contributed by atoms with Crippen LogP contribution in [0.1, 0.15) is 111 Å². The van der Waals surface area contributed by atoms with Crippen molar-refractivity contribution in [3.63, 3.8) is 0 Å². The van der Waals surface area contributed by atoms with Gasteiger partial charge in [-0.3, -0.25) is 4.79 Å². The maximum atomic E-state index is 12.3. The van der Waals surface area contributed by atoms with E-state index in [2.05, 4.69) is 29.8 Å². The Balaban J connectivity index is 4.05. The van der Waals surface area contributed by atoms with E-state index in [-0.39, 0.29) is 11.4 Å². The minimum absolute atomic E-state index is 0.0180. The molecule has 0 radical (unpaired) electrons. The highest BCUT2D eigenvalue weighted by atomic mass is 79.9. The van der Waals surface area contributed by atoms with Crippen LogP contribution in [0.25, 0.3) is 0 Å². The van der Waals surface area contributed by atoms with Gasteiger partial charge in [0.1, 0.15) is 0 Å². The van der Waals surface area contributed by atoms with Gasteiger partial charge in [-0.05, 0) is 45.4 Å². The Bertz CT molecular complexity index is 305. The summed E-state index contributed by atoms with van der Waals surface area (Å²) < 4.78 is 5.59. The third kappa shape index (κ3) is 13.8. The normalized spacial score (nSPS) is 11.9. The number of halogens is 1. The van der Waals surface area contributed by atoms with Crippen LogP contribution in [0.3, 0.4) is 0 Å². The molecule has 0 heterocycles. The van der Waals surface area contributed by atoms with E-state index < -0.39 is 0 Å². The number of rotatable bonds is 17. The number of carbonyl (C=O) groups excluding carboxylic acids is 1. The molecule has 3 heteroatoms. The predicted octanol–water partition coefficient (Wildman–Crippen LogP) is 7.68. The van der Waals surface area contributed by atoms with Crippen molar-refractivity contribution in [2.45, 2.75) is 111 Å². The minimum atomic E-state index is -0.343. The van der Waals surface area contributed by atoms with Gasteiger partial charge in [0.2, 0.25) is 0 Å². The molecular weight excluding hydrogens is 376 g/mol. The zero-order valence-corrected chi connectivity index (χ0v) is 19.0. The van der Waals surface area contributed by atoms with Gasteiger partial charge in [-0.2, -0.15) is 0 Å². The largest absolute Gasteiger partial charge is 0.465 e. The van der Waals surface area contributed by atoms with Gasteiger partial charge in [0.15, 0.2) is 0 Å². The number of carbonyl (C=O) groups is 1. The summed E-state index contributed by atoms with van der Waals surface area (Å²) in [5, 5.41) is 1.01. The topological polar surface area (TPSA) is 26.3 Å². The van der Waals surface area contributed by atoms with Crippen LogP contribution < -0.4 is 0 Å². The highest BCUT2D eigenvalue weighted by molar-refractivity contribution is 9.09. The molecule has 0 rings (SSSR count). The lowest BCUT2D eigenvalue weighted by Crippen LogP contribution is -2.27. The highest BCUT2D eigenvalue weighted by Crippen LogP contribution is 2.26. The van der Waals surface area contributed by atoms with E-state index in [4.69, 9.17) is 4.74 Å². The van der Waals surface area contributed by atoms with Gasteiger partial charge >= 0.3 is 5.97 Å². The fourth-order valence-electron chi connectivity index (χ4n) is 3.29. The van der Waals surface area contributed by atoms with Gasteiger partial charge in [-0.25, -0.2) is 0 Å². The Labute approximate surface area is 166 Å². The molecule has 2 nitrogen and oxygen atoms in total. The van der Waals surface area contributed by atoms with E-state index >= 15 is 0 Å². The number of hydrogen-bond donors (Lipinski definition) is 0. The molecule has 0 aromatic heterocycles. The van der Waals surface area contributed by atoms with Gasteiger partial charge in [0, 0.05) is 5.33 Å². The molecule has 0 bridgehead atoms. The Morgan fingerprint density at radius 2 is 1.44 bits per heavy atom. The van der Waals surface area contributed by atoms with E-state index in [0.717, 1.165) is 36.9 Å². The first kappa shape index (κ1) is 24.9. The standard InChI is InChI=1S/C22H43BrO2/c1-5-7-9-14-20(15-10-8-6-2)16-13-19-25-21(24)22(3,4)17-11-12-18-23/h20H,5-19H2,1-4H3. The SMILES string of the molecule is CCCCCC(CCCCC)CCCOC(=O)C(C)(C)CCCCBr. The molecule has 0 spiro atoms. The van der Waals surface area contributed by atoms with E-state index in [1.807, 2.05) is 13.8 Å². The Morgan fingerprint density at radius 1 is 0.880 bits per heavy atom. The molecule has 0 aromatic carbocycles. The summed E-state index contributed by atoms with van der Waals surface area (Å²) in [6, 6.07) is 0. The van der Waals surface area contributed by atoms with Crippen LogP contribution in [-0.2, 0) is 9.53 Å². The fraction of sp³-hybridized carbons (Fsp3) is 0.955. The molecule has 0 saturated carbocycles.